The van der Waals surface area contributed by atoms with Crippen LogP contribution >= 0.6 is 0 Å². The monoisotopic (exact) mass is 210 g/mol. The maximum absolute atomic E-state index is 5.55. The highest BCUT2D eigenvalue weighted by Crippen LogP contribution is 2.17. The molecule has 3 heteroatoms. The highest BCUT2D eigenvalue weighted by molar-refractivity contribution is 5.20. The Labute approximate surface area is 92.2 Å². The average molecular weight is 210 g/mol. The van der Waals surface area contributed by atoms with E-state index in [1.165, 1.54) is 5.56 Å². The van der Waals surface area contributed by atoms with Crippen LogP contribution in [0.4, 0.5) is 0 Å². The first-order chi connectivity index (χ1) is 7.08. The predicted octanol–water partition coefficient (Wildman–Crippen LogP) is 2.28. The molecule has 1 aromatic rings. The first-order valence-electron chi connectivity index (χ1n) is 5.60. The van der Waals surface area contributed by atoms with E-state index in [1.54, 1.807) is 0 Å². The van der Waals surface area contributed by atoms with Crippen molar-refractivity contribution in [1.29, 1.82) is 0 Å². The molecule has 0 amide bonds. The summed E-state index contributed by atoms with van der Waals surface area (Å²) in [6.45, 7) is 11.1. The maximum atomic E-state index is 5.55. The lowest BCUT2D eigenvalue weighted by atomic mass is 10.2. The van der Waals surface area contributed by atoms with E-state index in [-0.39, 0.29) is 0 Å². The van der Waals surface area contributed by atoms with Crippen LogP contribution in [0.2, 0.25) is 0 Å². The van der Waals surface area contributed by atoms with E-state index in [2.05, 4.69) is 31.7 Å². The number of furan rings is 1. The smallest absolute Gasteiger partial charge is 0.118 e. The number of hydrogen-bond donors (Lipinski definition) is 1. The molecule has 0 bridgehead atoms. The quantitative estimate of drug-likeness (QED) is 0.810. The highest BCUT2D eigenvalue weighted by atomic mass is 16.3. The van der Waals surface area contributed by atoms with Gasteiger partial charge in [0.25, 0.3) is 0 Å². The Balaban J connectivity index is 2.74. The van der Waals surface area contributed by atoms with E-state index >= 15 is 0 Å². The minimum Gasteiger partial charge on any atom is -0.465 e. The minimum atomic E-state index is 0.481. The number of aryl methyl sites for hydroxylation is 1. The van der Waals surface area contributed by atoms with Gasteiger partial charge in [0, 0.05) is 18.2 Å². The number of hydrogen-bond acceptors (Lipinski definition) is 3. The first kappa shape index (κ1) is 12.3. The Morgan fingerprint density at radius 2 is 2.13 bits per heavy atom. The van der Waals surface area contributed by atoms with Gasteiger partial charge in [-0.05, 0) is 33.4 Å². The third-order valence-corrected chi connectivity index (χ3v) is 2.78. The summed E-state index contributed by atoms with van der Waals surface area (Å²) in [6.07, 6.45) is 0. The average Bonchev–Trinajstić information content (AvgIpc) is 2.55. The highest BCUT2D eigenvalue weighted by Gasteiger charge is 2.12. The van der Waals surface area contributed by atoms with E-state index in [0.717, 1.165) is 24.6 Å². The van der Waals surface area contributed by atoms with Crippen LogP contribution in [0.5, 0.6) is 0 Å². The van der Waals surface area contributed by atoms with E-state index in [0.29, 0.717) is 12.6 Å². The van der Waals surface area contributed by atoms with Gasteiger partial charge < -0.3 is 10.2 Å². The maximum Gasteiger partial charge on any atom is 0.118 e. The summed E-state index contributed by atoms with van der Waals surface area (Å²) in [5.74, 6) is 1.87. The minimum absolute atomic E-state index is 0.481. The SMILES string of the molecule is CCN(Cc1cc(CN)oc1C)C(C)C. The molecular weight excluding hydrogens is 188 g/mol. The van der Waals surface area contributed by atoms with E-state index in [4.69, 9.17) is 10.2 Å². The van der Waals surface area contributed by atoms with Gasteiger partial charge in [-0.15, -0.1) is 0 Å². The predicted molar refractivity (Wildman–Crippen MR) is 62.6 cm³/mol. The van der Waals surface area contributed by atoms with Crippen LogP contribution in [0, 0.1) is 6.92 Å². The third-order valence-electron chi connectivity index (χ3n) is 2.78. The second kappa shape index (κ2) is 5.33. The van der Waals surface area contributed by atoms with Crippen LogP contribution < -0.4 is 5.73 Å². The third kappa shape index (κ3) is 3.08. The molecular formula is C12H22N2O. The van der Waals surface area contributed by atoms with Crippen molar-refractivity contribution in [3.05, 3.63) is 23.2 Å². The van der Waals surface area contributed by atoms with Crippen LogP contribution in [0.3, 0.4) is 0 Å². The lowest BCUT2D eigenvalue weighted by Crippen LogP contribution is -2.29. The summed E-state index contributed by atoms with van der Waals surface area (Å²) in [4.78, 5) is 2.40. The molecule has 0 saturated heterocycles. The van der Waals surface area contributed by atoms with Crippen molar-refractivity contribution in [1.82, 2.24) is 4.90 Å². The molecule has 2 N–H and O–H groups in total. The Morgan fingerprint density at radius 3 is 2.53 bits per heavy atom. The van der Waals surface area contributed by atoms with Crippen molar-refractivity contribution in [3.63, 3.8) is 0 Å². The van der Waals surface area contributed by atoms with Crippen molar-refractivity contribution in [2.24, 2.45) is 5.73 Å². The van der Waals surface area contributed by atoms with Crippen LogP contribution in [-0.4, -0.2) is 17.5 Å². The molecule has 3 nitrogen and oxygen atoms in total. The van der Waals surface area contributed by atoms with Gasteiger partial charge in [-0.25, -0.2) is 0 Å². The number of rotatable bonds is 5. The number of nitrogens with two attached hydrogens (primary N) is 1. The Morgan fingerprint density at radius 1 is 1.47 bits per heavy atom. The van der Waals surface area contributed by atoms with Gasteiger partial charge in [0.15, 0.2) is 0 Å². The molecule has 0 aliphatic rings. The molecule has 1 heterocycles. The molecule has 0 unspecified atom stereocenters. The van der Waals surface area contributed by atoms with Gasteiger partial charge in [-0.1, -0.05) is 6.92 Å². The summed E-state index contributed by atoms with van der Waals surface area (Å²) in [5, 5.41) is 0. The zero-order valence-corrected chi connectivity index (χ0v) is 10.2. The summed E-state index contributed by atoms with van der Waals surface area (Å²) >= 11 is 0. The van der Waals surface area contributed by atoms with Crippen molar-refractivity contribution in [2.45, 2.75) is 46.8 Å². The molecule has 0 aliphatic heterocycles. The van der Waals surface area contributed by atoms with Gasteiger partial charge in [-0.3, -0.25) is 4.90 Å². The lowest BCUT2D eigenvalue weighted by Gasteiger charge is -2.24. The second-order valence-corrected chi connectivity index (χ2v) is 4.16. The molecule has 0 aromatic carbocycles. The Hall–Kier alpha value is -0.800. The molecule has 0 spiro atoms. The molecule has 0 aliphatic carbocycles. The summed E-state index contributed by atoms with van der Waals surface area (Å²) in [7, 11) is 0. The topological polar surface area (TPSA) is 42.4 Å². The van der Waals surface area contributed by atoms with E-state index in [1.807, 2.05) is 6.92 Å². The number of nitrogens with zero attached hydrogens (tertiary/aromatic N) is 1. The lowest BCUT2D eigenvalue weighted by molar-refractivity contribution is 0.223. The molecule has 0 atom stereocenters. The van der Waals surface area contributed by atoms with Gasteiger partial charge in [-0.2, -0.15) is 0 Å². The molecule has 86 valence electrons. The molecule has 15 heavy (non-hydrogen) atoms. The standard InChI is InChI=1S/C12H22N2O/c1-5-14(9(2)3)8-11-6-12(7-13)15-10(11)4/h6,9H,5,7-8,13H2,1-4H3. The Kier molecular flexibility index (Phi) is 4.36. The fraction of sp³-hybridized carbons (Fsp3) is 0.667. The van der Waals surface area contributed by atoms with Crippen molar-refractivity contribution in [2.75, 3.05) is 6.54 Å². The zero-order chi connectivity index (χ0) is 11.4. The fourth-order valence-corrected chi connectivity index (χ4v) is 1.72. The summed E-state index contributed by atoms with van der Waals surface area (Å²) < 4.78 is 5.54. The van der Waals surface area contributed by atoms with Crippen molar-refractivity contribution >= 4 is 0 Å². The fourth-order valence-electron chi connectivity index (χ4n) is 1.72. The molecule has 0 saturated carbocycles. The van der Waals surface area contributed by atoms with Gasteiger partial charge in [0.05, 0.1) is 6.54 Å². The normalized spacial score (nSPS) is 11.7. The van der Waals surface area contributed by atoms with Crippen molar-refractivity contribution in [3.8, 4) is 0 Å². The second-order valence-electron chi connectivity index (χ2n) is 4.16. The molecule has 0 fully saturated rings. The van der Waals surface area contributed by atoms with Gasteiger partial charge in [0.2, 0.25) is 0 Å². The summed E-state index contributed by atoms with van der Waals surface area (Å²) in [6, 6.07) is 2.63. The Bertz CT molecular complexity index is 305. The molecule has 1 rings (SSSR count). The first-order valence-corrected chi connectivity index (χ1v) is 5.60. The zero-order valence-electron chi connectivity index (χ0n) is 10.2. The summed E-state index contributed by atoms with van der Waals surface area (Å²) in [5.41, 5.74) is 6.80. The van der Waals surface area contributed by atoms with Crippen LogP contribution in [0.15, 0.2) is 10.5 Å². The largest absolute Gasteiger partial charge is 0.465 e. The van der Waals surface area contributed by atoms with Gasteiger partial charge >= 0.3 is 0 Å². The van der Waals surface area contributed by atoms with E-state index < -0.39 is 0 Å². The van der Waals surface area contributed by atoms with E-state index in [9.17, 15) is 0 Å². The molecule has 0 radical (unpaired) electrons. The van der Waals surface area contributed by atoms with Crippen LogP contribution in [0.1, 0.15) is 37.9 Å². The van der Waals surface area contributed by atoms with Crippen molar-refractivity contribution < 1.29 is 4.42 Å². The van der Waals surface area contributed by atoms with Crippen LogP contribution in [-0.2, 0) is 13.1 Å². The van der Waals surface area contributed by atoms with Crippen LogP contribution in [0.25, 0.3) is 0 Å². The van der Waals surface area contributed by atoms with Gasteiger partial charge in [0.1, 0.15) is 11.5 Å². The molecule has 1 aromatic heterocycles.